The van der Waals surface area contributed by atoms with Crippen LogP contribution < -0.4 is 0 Å². The first-order valence-corrected chi connectivity index (χ1v) is 16.4. The number of carbonyl (C=O) groups excluding carboxylic acids is 4. The third-order valence-electron chi connectivity index (χ3n) is 6.21. The van der Waals surface area contributed by atoms with Gasteiger partial charge in [-0.2, -0.15) is 10.2 Å². The van der Waals surface area contributed by atoms with E-state index in [4.69, 9.17) is 18.9 Å². The molecule has 0 N–H and O–H groups in total. The number of hydrogen-bond acceptors (Lipinski definition) is 10. The highest BCUT2D eigenvalue weighted by Crippen LogP contribution is 2.38. The molecule has 1 saturated heterocycles. The van der Waals surface area contributed by atoms with Crippen molar-refractivity contribution in [2.24, 2.45) is 14.1 Å². The minimum Gasteiger partial charge on any atom is -0.462 e. The second kappa shape index (κ2) is 13.9. The Bertz CT molecular complexity index is 1500. The molecular formula is C28H30I2N4O8. The van der Waals surface area contributed by atoms with Gasteiger partial charge < -0.3 is 18.9 Å². The summed E-state index contributed by atoms with van der Waals surface area (Å²) in [7, 11) is 3.50. The first kappa shape index (κ1) is 31.8. The van der Waals surface area contributed by atoms with E-state index >= 15 is 0 Å². The highest BCUT2D eigenvalue weighted by Gasteiger charge is 2.48. The van der Waals surface area contributed by atoms with Gasteiger partial charge in [0.05, 0.1) is 13.2 Å². The predicted octanol–water partition coefficient (Wildman–Crippen LogP) is 4.15. The first-order chi connectivity index (χ1) is 20.1. The lowest BCUT2D eigenvalue weighted by Gasteiger charge is -2.32. The molecule has 2 fully saturated rings. The molecule has 1 aliphatic heterocycles. The number of aryl methyl sites for hydroxylation is 2. The topological polar surface area (TPSA) is 141 Å². The molecule has 2 aliphatic rings. The highest BCUT2D eigenvalue weighted by molar-refractivity contribution is 14.2. The molecular weight excluding hydrogens is 774 g/mol. The molecule has 0 amide bonds. The van der Waals surface area contributed by atoms with Crippen molar-refractivity contribution in [2.75, 3.05) is 13.2 Å². The zero-order valence-corrected chi connectivity index (χ0v) is 27.8. The number of rotatable bonds is 6. The van der Waals surface area contributed by atoms with Crippen LogP contribution in [0.3, 0.4) is 0 Å². The van der Waals surface area contributed by atoms with Crippen molar-refractivity contribution in [3.63, 3.8) is 0 Å². The highest BCUT2D eigenvalue weighted by atomic mass is 127. The second-order valence-corrected chi connectivity index (χ2v) is 13.2. The Balaban J connectivity index is 0.000000283. The van der Waals surface area contributed by atoms with Crippen LogP contribution in [0.5, 0.6) is 0 Å². The smallest absolute Gasteiger partial charge is 0.354 e. The molecule has 224 valence electrons. The summed E-state index contributed by atoms with van der Waals surface area (Å²) in [5, 5.41) is 8.38. The van der Waals surface area contributed by atoms with E-state index in [1.165, 1.54) is 0 Å². The normalized spacial score (nSPS) is 15.5. The maximum Gasteiger partial charge on any atom is 0.354 e. The molecule has 0 bridgehead atoms. The van der Waals surface area contributed by atoms with Crippen molar-refractivity contribution in [3.8, 4) is 11.3 Å². The number of hydrogen-bond donors (Lipinski definition) is 0. The summed E-state index contributed by atoms with van der Waals surface area (Å²) < 4.78 is 25.7. The fourth-order valence-corrected chi connectivity index (χ4v) is 7.08. The predicted molar refractivity (Wildman–Crippen MR) is 168 cm³/mol. The van der Waals surface area contributed by atoms with Crippen molar-refractivity contribution in [2.45, 2.75) is 45.3 Å². The number of carbonyl (C=O) groups is 4. The van der Waals surface area contributed by atoms with Gasteiger partial charge in [-0.25, -0.2) is 19.2 Å². The number of ether oxygens (including phenoxy) is 4. The van der Waals surface area contributed by atoms with E-state index in [9.17, 15) is 19.2 Å². The number of halogens is 2. The average Bonchev–Trinajstić information content (AvgIpc) is 3.65. The first-order valence-electron chi connectivity index (χ1n) is 13.2. The summed E-state index contributed by atoms with van der Waals surface area (Å²) in [6.45, 7) is 4.20. The monoisotopic (exact) mass is 804 g/mol. The largest absolute Gasteiger partial charge is 0.462 e. The Labute approximate surface area is 265 Å². The molecule has 2 aromatic heterocycles. The lowest BCUT2D eigenvalue weighted by Crippen LogP contribution is -2.48. The van der Waals surface area contributed by atoms with Gasteiger partial charge in [-0.3, -0.25) is 9.36 Å². The Morgan fingerprint density at radius 2 is 1.43 bits per heavy atom. The van der Waals surface area contributed by atoms with Gasteiger partial charge >= 0.3 is 23.9 Å². The van der Waals surface area contributed by atoms with Gasteiger partial charge in [0, 0.05) is 48.5 Å². The van der Waals surface area contributed by atoms with Crippen LogP contribution in [0.1, 0.15) is 60.2 Å². The Morgan fingerprint density at radius 3 is 1.95 bits per heavy atom. The fraction of sp³-hybridized carbons (Fsp3) is 0.393. The van der Waals surface area contributed by atoms with Crippen molar-refractivity contribution >= 4 is 70.7 Å². The summed E-state index contributed by atoms with van der Waals surface area (Å²) in [5.74, 6) is -2.90. The van der Waals surface area contributed by atoms with Crippen LogP contribution >= 0.6 is 43.3 Å². The Kier molecular flexibility index (Phi) is 10.5. The minimum atomic E-state index is -1.06. The van der Waals surface area contributed by atoms with E-state index in [0.29, 0.717) is 40.0 Å². The minimum absolute atomic E-state index is 0.101. The van der Waals surface area contributed by atoms with Gasteiger partial charge in [-0.05, 0) is 61.4 Å². The van der Waals surface area contributed by atoms with E-state index in [2.05, 4.69) is 10.2 Å². The van der Waals surface area contributed by atoms with Crippen LogP contribution in [0.4, 0.5) is 0 Å². The quantitative estimate of drug-likeness (QED) is 0.203. The van der Waals surface area contributed by atoms with Crippen molar-refractivity contribution in [1.29, 1.82) is 0 Å². The standard InChI is InChI=1S/C21H21IN2O6.C7H9IN2O2/c1-3-28-18(25)15-12-24(2)23-17(15)13-6-8-14(9-7-13)22-16-19(26)29-21(30-20(16)27)10-4-5-11-21;1-3-12-7(11)5-4-10(2)9-6(5)8/h6-9,12H,3-5,10-11H2,1-2H3;4H,3H2,1-2H3. The molecule has 3 aromatic rings. The van der Waals surface area contributed by atoms with Crippen LogP contribution in [-0.2, 0) is 42.6 Å². The lowest BCUT2D eigenvalue weighted by atomic mass is 10.1. The molecule has 12 nitrogen and oxygen atoms in total. The van der Waals surface area contributed by atoms with Crippen molar-refractivity contribution in [1.82, 2.24) is 19.6 Å². The third-order valence-corrected chi connectivity index (χ3v) is 9.76. The lowest BCUT2D eigenvalue weighted by molar-refractivity contribution is -0.224. The number of nitrogens with zero attached hydrogens (tertiary/aromatic N) is 4. The average molecular weight is 804 g/mol. The van der Waals surface area contributed by atoms with Crippen molar-refractivity contribution < 1.29 is 38.1 Å². The maximum atomic E-state index is 12.4. The molecule has 1 aromatic carbocycles. The molecule has 1 aliphatic carbocycles. The molecule has 1 saturated carbocycles. The second-order valence-electron chi connectivity index (χ2n) is 9.33. The van der Waals surface area contributed by atoms with Crippen LogP contribution in [0, 0.1) is 7.27 Å². The van der Waals surface area contributed by atoms with E-state index < -0.39 is 44.4 Å². The molecule has 0 atom stereocenters. The van der Waals surface area contributed by atoms with Crippen molar-refractivity contribution in [3.05, 3.63) is 55.1 Å². The summed E-state index contributed by atoms with van der Waals surface area (Å²) >= 11 is 0.942. The number of aromatic nitrogens is 4. The third kappa shape index (κ3) is 7.43. The number of esters is 4. The number of benzene rings is 1. The fourth-order valence-electron chi connectivity index (χ4n) is 4.37. The van der Waals surface area contributed by atoms with E-state index in [-0.39, 0.29) is 16.1 Å². The Hall–Kier alpha value is -3.15. The van der Waals surface area contributed by atoms with Crippen LogP contribution in [-0.4, -0.2) is 65.9 Å². The summed E-state index contributed by atoms with van der Waals surface area (Å²) in [6.07, 6.45) is 6.17. The van der Waals surface area contributed by atoms with Gasteiger partial charge in [0.15, 0.2) is 3.51 Å². The molecule has 0 radical (unpaired) electrons. The molecule has 14 heteroatoms. The molecule has 1 spiro atoms. The zero-order valence-electron chi connectivity index (χ0n) is 23.5. The summed E-state index contributed by atoms with van der Waals surface area (Å²) in [4.78, 5) is 48.3. The maximum absolute atomic E-state index is 12.4. The van der Waals surface area contributed by atoms with Gasteiger partial charge in [-0.15, -0.1) is 0 Å². The van der Waals surface area contributed by atoms with E-state index in [1.807, 2.05) is 46.9 Å². The molecule has 3 heterocycles. The van der Waals surface area contributed by atoms with Crippen LogP contribution in [0.25, 0.3) is 11.3 Å². The molecule has 0 unspecified atom stereocenters. The van der Waals surface area contributed by atoms with Crippen LogP contribution in [0.15, 0.2) is 36.7 Å². The van der Waals surface area contributed by atoms with Gasteiger partial charge in [0.25, 0.3) is 5.79 Å². The van der Waals surface area contributed by atoms with E-state index in [1.54, 1.807) is 49.7 Å². The summed E-state index contributed by atoms with van der Waals surface area (Å²) in [5.41, 5.74) is 2.18. The molecule has 5 rings (SSSR count). The molecule has 42 heavy (non-hydrogen) atoms. The van der Waals surface area contributed by atoms with E-state index in [0.717, 1.165) is 22.0 Å². The Morgan fingerprint density at radius 1 is 0.905 bits per heavy atom. The van der Waals surface area contributed by atoms with Gasteiger partial charge in [-0.1, -0.05) is 32.9 Å². The SMILES string of the molecule is CCOC(=O)c1cn(C)nc1-c1ccc(I=C2C(=O)OC3(CCCC3)OC2=O)cc1.CCOC(=O)c1cn(C)nc1I. The van der Waals surface area contributed by atoms with Gasteiger partial charge in [0.2, 0.25) is 0 Å². The van der Waals surface area contributed by atoms with Gasteiger partial charge in [0.1, 0.15) is 20.5 Å². The summed E-state index contributed by atoms with van der Waals surface area (Å²) in [6, 6.07) is 7.30. The zero-order chi connectivity index (χ0) is 30.4. The van der Waals surface area contributed by atoms with Crippen LogP contribution in [0.2, 0.25) is 0 Å².